The number of ether oxygens (including phenoxy) is 1. The van der Waals surface area contributed by atoms with Gasteiger partial charge in [-0.15, -0.1) is 0 Å². The van der Waals surface area contributed by atoms with Crippen molar-refractivity contribution >= 4 is 11.9 Å². The van der Waals surface area contributed by atoms with Gasteiger partial charge in [-0.2, -0.15) is 0 Å². The maximum Gasteiger partial charge on any atom is 0.331 e. The van der Waals surface area contributed by atoms with Gasteiger partial charge in [-0.25, -0.2) is 4.79 Å². The fraction of sp³-hybridized carbons (Fsp3) is 0.750. The van der Waals surface area contributed by atoms with Crippen molar-refractivity contribution in [1.82, 2.24) is 4.90 Å². The molecule has 2 unspecified atom stereocenters. The van der Waals surface area contributed by atoms with Crippen LogP contribution in [0.3, 0.4) is 0 Å². The van der Waals surface area contributed by atoms with Gasteiger partial charge in [0.1, 0.15) is 0 Å². The zero-order valence-corrected chi connectivity index (χ0v) is 7.97. The maximum atomic E-state index is 11.3. The van der Waals surface area contributed by atoms with E-state index in [1.54, 1.807) is 0 Å². The highest BCUT2D eigenvalue weighted by atomic mass is 16.5. The predicted octanol–water partition coefficient (Wildman–Crippen LogP) is -1.92. The largest absolute Gasteiger partial charge is 0.467 e. The number of nitrogens with two attached hydrogens (primary N) is 1. The fourth-order valence-electron chi connectivity index (χ4n) is 1.58. The van der Waals surface area contributed by atoms with Gasteiger partial charge in [0, 0.05) is 6.54 Å². The molecular weight excluding hydrogens is 188 g/mol. The molecule has 3 N–H and O–H groups in total. The van der Waals surface area contributed by atoms with Crippen LogP contribution in [0, 0.1) is 0 Å². The molecule has 1 aliphatic rings. The second-order valence-corrected chi connectivity index (χ2v) is 3.12. The van der Waals surface area contributed by atoms with E-state index in [4.69, 9.17) is 5.73 Å². The molecule has 0 saturated carbocycles. The van der Waals surface area contributed by atoms with Gasteiger partial charge in [-0.1, -0.05) is 0 Å². The Bertz CT molecular complexity index is 243. The normalized spacial score (nSPS) is 26.4. The Balaban J connectivity index is 2.76. The Morgan fingerprint density at radius 1 is 1.64 bits per heavy atom. The highest BCUT2D eigenvalue weighted by Gasteiger charge is 2.41. The third-order valence-electron chi connectivity index (χ3n) is 2.30. The van der Waals surface area contributed by atoms with Crippen molar-refractivity contribution in [3.63, 3.8) is 0 Å². The Kier molecular flexibility index (Phi) is 3.43. The molecular formula is C8H14N2O4. The summed E-state index contributed by atoms with van der Waals surface area (Å²) in [4.78, 5) is 23.8. The van der Waals surface area contributed by atoms with Crippen molar-refractivity contribution in [3.05, 3.63) is 0 Å². The van der Waals surface area contributed by atoms with E-state index in [9.17, 15) is 14.7 Å². The zero-order valence-electron chi connectivity index (χ0n) is 7.97. The molecule has 0 spiro atoms. The maximum absolute atomic E-state index is 11.3. The average Bonchev–Trinajstić information content (AvgIpc) is 2.58. The Hall–Kier alpha value is -1.14. The Morgan fingerprint density at radius 3 is 2.79 bits per heavy atom. The summed E-state index contributed by atoms with van der Waals surface area (Å²) >= 11 is 0. The number of nitrogens with zero attached hydrogens (tertiary/aromatic N) is 1. The van der Waals surface area contributed by atoms with Crippen LogP contribution < -0.4 is 5.73 Å². The first kappa shape index (κ1) is 10.9. The molecule has 14 heavy (non-hydrogen) atoms. The van der Waals surface area contributed by atoms with E-state index in [-0.39, 0.29) is 12.5 Å². The van der Waals surface area contributed by atoms with Crippen molar-refractivity contribution in [2.45, 2.75) is 18.6 Å². The number of amides is 1. The SMILES string of the molecule is COC(=O)C1C(O)CCN1C(=O)CN. The summed E-state index contributed by atoms with van der Waals surface area (Å²) in [7, 11) is 1.22. The molecule has 0 aliphatic carbocycles. The number of methoxy groups -OCH3 is 1. The van der Waals surface area contributed by atoms with Crippen LogP contribution in [-0.2, 0) is 14.3 Å². The zero-order chi connectivity index (χ0) is 10.7. The van der Waals surface area contributed by atoms with Crippen LogP contribution in [0.15, 0.2) is 0 Å². The number of aliphatic hydroxyl groups excluding tert-OH is 1. The number of aliphatic hydroxyl groups is 1. The summed E-state index contributed by atoms with van der Waals surface area (Å²) in [6, 6.07) is -0.893. The number of carbonyl (C=O) groups is 2. The number of likely N-dealkylation sites (tertiary alicyclic amines) is 1. The molecule has 6 nitrogen and oxygen atoms in total. The quantitative estimate of drug-likeness (QED) is 0.509. The predicted molar refractivity (Wildman–Crippen MR) is 47.2 cm³/mol. The summed E-state index contributed by atoms with van der Waals surface area (Å²) in [5.74, 6) is -0.950. The van der Waals surface area contributed by atoms with Crippen LogP contribution in [-0.4, -0.2) is 54.2 Å². The van der Waals surface area contributed by atoms with E-state index in [1.807, 2.05) is 0 Å². The van der Waals surface area contributed by atoms with Gasteiger partial charge in [0.2, 0.25) is 5.91 Å². The lowest BCUT2D eigenvalue weighted by atomic mass is 10.2. The van der Waals surface area contributed by atoms with E-state index < -0.39 is 18.1 Å². The molecule has 1 fully saturated rings. The Labute approximate surface area is 81.6 Å². The Morgan fingerprint density at radius 2 is 2.29 bits per heavy atom. The van der Waals surface area contributed by atoms with Crippen molar-refractivity contribution in [2.75, 3.05) is 20.2 Å². The highest BCUT2D eigenvalue weighted by Crippen LogP contribution is 2.18. The molecule has 6 heteroatoms. The van der Waals surface area contributed by atoms with Gasteiger partial charge in [0.15, 0.2) is 6.04 Å². The summed E-state index contributed by atoms with van der Waals surface area (Å²) in [6.07, 6.45) is -0.469. The lowest BCUT2D eigenvalue weighted by Gasteiger charge is -2.23. The van der Waals surface area contributed by atoms with E-state index in [0.717, 1.165) is 0 Å². The molecule has 1 heterocycles. The van der Waals surface area contributed by atoms with Gasteiger partial charge in [0.05, 0.1) is 19.8 Å². The molecule has 2 atom stereocenters. The van der Waals surface area contributed by atoms with Gasteiger partial charge >= 0.3 is 5.97 Å². The molecule has 0 aromatic heterocycles. The number of rotatable bonds is 2. The van der Waals surface area contributed by atoms with E-state index in [1.165, 1.54) is 12.0 Å². The minimum absolute atomic E-state index is 0.166. The first-order valence-corrected chi connectivity index (χ1v) is 4.37. The summed E-state index contributed by atoms with van der Waals surface area (Å²) < 4.78 is 4.50. The van der Waals surface area contributed by atoms with Crippen molar-refractivity contribution in [1.29, 1.82) is 0 Å². The van der Waals surface area contributed by atoms with Crippen LogP contribution in [0.5, 0.6) is 0 Å². The first-order chi connectivity index (χ1) is 6.61. The molecule has 0 aromatic rings. The summed E-state index contributed by atoms with van der Waals surface area (Å²) in [5.41, 5.74) is 5.18. The molecule has 1 rings (SSSR count). The second-order valence-electron chi connectivity index (χ2n) is 3.12. The van der Waals surface area contributed by atoms with Crippen molar-refractivity contribution < 1.29 is 19.4 Å². The lowest BCUT2D eigenvalue weighted by molar-refractivity contribution is -0.153. The van der Waals surface area contributed by atoms with Gasteiger partial charge < -0.3 is 20.5 Å². The van der Waals surface area contributed by atoms with Gasteiger partial charge in [-0.05, 0) is 6.42 Å². The fourth-order valence-corrected chi connectivity index (χ4v) is 1.58. The highest BCUT2D eigenvalue weighted by molar-refractivity contribution is 5.86. The van der Waals surface area contributed by atoms with Crippen LogP contribution >= 0.6 is 0 Å². The second kappa shape index (κ2) is 4.39. The summed E-state index contributed by atoms with van der Waals surface area (Å²) in [6.45, 7) is 0.178. The standard InChI is InChI=1S/C8H14N2O4/c1-14-8(13)7-5(11)2-3-10(7)6(12)4-9/h5,7,11H,2-4,9H2,1H3. The number of esters is 1. The molecule has 0 bridgehead atoms. The van der Waals surface area contributed by atoms with Crippen molar-refractivity contribution in [3.8, 4) is 0 Å². The number of carbonyl (C=O) groups excluding carboxylic acids is 2. The van der Waals surface area contributed by atoms with Crippen molar-refractivity contribution in [2.24, 2.45) is 5.73 Å². The van der Waals surface area contributed by atoms with E-state index in [0.29, 0.717) is 13.0 Å². The van der Waals surface area contributed by atoms with E-state index >= 15 is 0 Å². The minimum atomic E-state index is -0.893. The topological polar surface area (TPSA) is 92.9 Å². The molecule has 1 amide bonds. The van der Waals surface area contributed by atoms with Crippen LogP contribution in [0.2, 0.25) is 0 Å². The van der Waals surface area contributed by atoms with Crippen LogP contribution in [0.4, 0.5) is 0 Å². The average molecular weight is 202 g/mol. The van der Waals surface area contributed by atoms with Crippen LogP contribution in [0.25, 0.3) is 0 Å². The van der Waals surface area contributed by atoms with Crippen LogP contribution in [0.1, 0.15) is 6.42 Å². The smallest absolute Gasteiger partial charge is 0.331 e. The third-order valence-corrected chi connectivity index (χ3v) is 2.30. The van der Waals surface area contributed by atoms with Gasteiger partial charge in [0.25, 0.3) is 0 Å². The number of hydrogen-bond donors (Lipinski definition) is 2. The minimum Gasteiger partial charge on any atom is -0.467 e. The van der Waals surface area contributed by atoms with Gasteiger partial charge in [-0.3, -0.25) is 4.79 Å². The third kappa shape index (κ3) is 1.85. The first-order valence-electron chi connectivity index (χ1n) is 4.37. The van der Waals surface area contributed by atoms with E-state index in [2.05, 4.69) is 4.74 Å². The molecule has 80 valence electrons. The monoisotopic (exact) mass is 202 g/mol. The number of hydrogen-bond acceptors (Lipinski definition) is 5. The molecule has 0 radical (unpaired) electrons. The molecule has 0 aromatic carbocycles. The molecule has 1 aliphatic heterocycles. The lowest BCUT2D eigenvalue weighted by Crippen LogP contribution is -2.47. The summed E-state index contributed by atoms with van der Waals surface area (Å²) in [5, 5.41) is 9.47. The molecule has 1 saturated heterocycles.